The Hall–Kier alpha value is -2.66. The Morgan fingerprint density at radius 2 is 1.64 bits per heavy atom. The molecule has 0 fully saturated rings. The summed E-state index contributed by atoms with van der Waals surface area (Å²) in [6.45, 7) is 0.292. The van der Waals surface area contributed by atoms with Crippen LogP contribution in [0, 0.1) is 0 Å². The van der Waals surface area contributed by atoms with Gasteiger partial charge in [-0.3, -0.25) is 4.79 Å². The first-order chi connectivity index (χ1) is 13.6. The van der Waals surface area contributed by atoms with Crippen molar-refractivity contribution in [2.75, 3.05) is 12.0 Å². The van der Waals surface area contributed by atoms with E-state index in [1.54, 1.807) is 23.1 Å². The first kappa shape index (κ1) is 18.7. The summed E-state index contributed by atoms with van der Waals surface area (Å²) in [6, 6.07) is 23.9. The zero-order chi connectivity index (χ0) is 19.7. The zero-order valence-electron chi connectivity index (χ0n) is 15.4. The average Bonchev–Trinajstić information content (AvgIpc) is 2.73. The summed E-state index contributed by atoms with van der Waals surface area (Å²) >= 11 is 6.32. The van der Waals surface area contributed by atoms with Crippen LogP contribution < -0.4 is 4.90 Å². The first-order valence-electron chi connectivity index (χ1n) is 9.02. The van der Waals surface area contributed by atoms with Crippen LogP contribution in [0.5, 0.6) is 0 Å². The molecule has 1 N–H and O–H groups in total. The van der Waals surface area contributed by atoms with Gasteiger partial charge in [-0.25, -0.2) is 0 Å². The minimum Gasteiger partial charge on any atom is -0.377 e. The molecule has 0 aromatic heterocycles. The molecule has 3 aromatic rings. The number of nitrogens with zero attached hydrogens (tertiary/aromatic N) is 1. The number of amides is 1. The van der Waals surface area contributed by atoms with E-state index in [0.29, 0.717) is 28.4 Å². The number of carbonyl (C=O) groups is 1. The Balaban J connectivity index is 1.88. The molecule has 0 saturated heterocycles. The second-order valence-corrected chi connectivity index (χ2v) is 7.19. The minimum atomic E-state index is -1.58. The number of carbonyl (C=O) groups excluding carboxylic acids is 1. The van der Waals surface area contributed by atoms with Gasteiger partial charge in [-0.05, 0) is 23.3 Å². The van der Waals surface area contributed by atoms with Crippen LogP contribution in [0.15, 0.2) is 78.9 Å². The number of aliphatic hydroxyl groups is 1. The lowest BCUT2D eigenvalue weighted by atomic mass is 9.77. The third kappa shape index (κ3) is 2.90. The van der Waals surface area contributed by atoms with Gasteiger partial charge in [0, 0.05) is 17.7 Å². The van der Waals surface area contributed by atoms with Gasteiger partial charge in [-0.15, -0.1) is 0 Å². The Bertz CT molecular complexity index is 1010. The summed E-state index contributed by atoms with van der Waals surface area (Å²) in [7, 11) is 1.44. The lowest BCUT2D eigenvalue weighted by molar-refractivity contribution is -0.145. The molecule has 0 spiro atoms. The van der Waals surface area contributed by atoms with Crippen LogP contribution in [0.4, 0.5) is 5.69 Å². The predicted molar refractivity (Wildman–Crippen MR) is 109 cm³/mol. The molecule has 28 heavy (non-hydrogen) atoms. The molecule has 1 aliphatic heterocycles. The van der Waals surface area contributed by atoms with Gasteiger partial charge in [0.2, 0.25) is 0 Å². The smallest absolute Gasteiger partial charge is 0.260 e. The highest BCUT2D eigenvalue weighted by Crippen LogP contribution is 2.45. The fraction of sp³-hybridized carbons (Fsp3) is 0.174. The molecule has 4 nitrogen and oxygen atoms in total. The highest BCUT2D eigenvalue weighted by atomic mass is 35.5. The van der Waals surface area contributed by atoms with E-state index >= 15 is 0 Å². The Labute approximate surface area is 168 Å². The predicted octanol–water partition coefficient (Wildman–Crippen LogP) is 4.14. The van der Waals surface area contributed by atoms with Crippen molar-refractivity contribution in [3.8, 4) is 0 Å². The van der Waals surface area contributed by atoms with Crippen molar-refractivity contribution in [2.24, 2.45) is 0 Å². The lowest BCUT2D eigenvalue weighted by Gasteiger charge is -2.44. The van der Waals surface area contributed by atoms with Crippen molar-refractivity contribution in [3.05, 3.63) is 101 Å². The summed E-state index contributed by atoms with van der Waals surface area (Å²) in [4.78, 5) is 15.0. The van der Waals surface area contributed by atoms with Gasteiger partial charge in [0.15, 0.2) is 11.7 Å². The van der Waals surface area contributed by atoms with Crippen LogP contribution in [0.3, 0.4) is 0 Å². The van der Waals surface area contributed by atoms with Crippen LogP contribution >= 0.6 is 11.6 Å². The molecule has 2 unspecified atom stereocenters. The van der Waals surface area contributed by atoms with E-state index in [1.807, 2.05) is 60.7 Å². The van der Waals surface area contributed by atoms with Gasteiger partial charge in [0.05, 0.1) is 12.2 Å². The van der Waals surface area contributed by atoms with Crippen molar-refractivity contribution >= 4 is 23.2 Å². The van der Waals surface area contributed by atoms with Crippen LogP contribution in [0.1, 0.15) is 16.7 Å². The number of fused-ring (bicyclic) bond motifs is 1. The van der Waals surface area contributed by atoms with E-state index in [2.05, 4.69) is 0 Å². The van der Waals surface area contributed by atoms with Crippen LogP contribution in [-0.2, 0) is 21.7 Å². The molecule has 142 valence electrons. The molecule has 4 rings (SSSR count). The normalized spacial score (nSPS) is 21.5. The molecule has 1 amide bonds. The molecule has 0 radical (unpaired) electrons. The molecular formula is C23H20ClNO3. The third-order valence-corrected chi connectivity index (χ3v) is 5.58. The van der Waals surface area contributed by atoms with Crippen molar-refractivity contribution in [2.45, 2.75) is 18.2 Å². The van der Waals surface area contributed by atoms with Crippen molar-refractivity contribution in [1.29, 1.82) is 0 Å². The van der Waals surface area contributed by atoms with Crippen LogP contribution in [0.2, 0.25) is 5.02 Å². The number of ether oxygens (including phenoxy) is 1. The molecule has 1 aliphatic rings. The van der Waals surface area contributed by atoms with E-state index in [1.165, 1.54) is 7.11 Å². The molecule has 0 saturated carbocycles. The number of rotatable bonds is 4. The number of hydrogen-bond acceptors (Lipinski definition) is 3. The third-order valence-electron chi connectivity index (χ3n) is 5.21. The molecule has 1 heterocycles. The quantitative estimate of drug-likeness (QED) is 0.724. The Kier molecular flexibility index (Phi) is 4.94. The largest absolute Gasteiger partial charge is 0.377 e. The van der Waals surface area contributed by atoms with E-state index in [-0.39, 0.29) is 5.91 Å². The Morgan fingerprint density at radius 1 is 1.00 bits per heavy atom. The average molecular weight is 394 g/mol. The van der Waals surface area contributed by atoms with Gasteiger partial charge in [-0.1, -0.05) is 78.3 Å². The number of hydrogen-bond donors (Lipinski definition) is 1. The summed E-state index contributed by atoms with van der Waals surface area (Å²) in [6.07, 6.45) is -1.08. The van der Waals surface area contributed by atoms with Crippen molar-refractivity contribution < 1.29 is 14.6 Å². The summed E-state index contributed by atoms with van der Waals surface area (Å²) < 4.78 is 5.55. The molecule has 0 aliphatic carbocycles. The molecule has 2 atom stereocenters. The zero-order valence-corrected chi connectivity index (χ0v) is 16.1. The number of halogens is 1. The van der Waals surface area contributed by atoms with E-state index in [4.69, 9.17) is 16.3 Å². The number of benzene rings is 3. The number of para-hydroxylation sites is 1. The van der Waals surface area contributed by atoms with Crippen LogP contribution in [0.25, 0.3) is 0 Å². The SMILES string of the molecule is COC1C(=O)N(Cc2ccccc2Cl)c2ccccc2C1(O)c1ccccc1. The number of anilines is 1. The summed E-state index contributed by atoms with van der Waals surface area (Å²) in [5.74, 6) is -0.313. The Morgan fingerprint density at radius 3 is 2.36 bits per heavy atom. The van der Waals surface area contributed by atoms with Crippen molar-refractivity contribution in [1.82, 2.24) is 0 Å². The van der Waals surface area contributed by atoms with Gasteiger partial charge in [0.25, 0.3) is 5.91 Å². The van der Waals surface area contributed by atoms with E-state index in [9.17, 15) is 9.90 Å². The van der Waals surface area contributed by atoms with Gasteiger partial charge in [-0.2, -0.15) is 0 Å². The number of methoxy groups -OCH3 is 1. The van der Waals surface area contributed by atoms with Crippen molar-refractivity contribution in [3.63, 3.8) is 0 Å². The highest BCUT2D eigenvalue weighted by Gasteiger charge is 2.52. The maximum atomic E-state index is 13.4. The monoisotopic (exact) mass is 393 g/mol. The minimum absolute atomic E-state index is 0.292. The second kappa shape index (κ2) is 7.40. The standard InChI is InChI=1S/C23H20ClNO3/c1-28-21-22(26)25(15-16-9-5-7-13-19(16)24)20-14-8-6-12-18(20)23(21,27)17-10-3-2-4-11-17/h2-14,21,27H,15H2,1H3. The van der Waals surface area contributed by atoms with Gasteiger partial charge < -0.3 is 14.7 Å². The van der Waals surface area contributed by atoms with Gasteiger partial charge in [0.1, 0.15) is 0 Å². The molecular weight excluding hydrogens is 374 g/mol. The lowest BCUT2D eigenvalue weighted by Crippen LogP contribution is -2.57. The summed E-state index contributed by atoms with van der Waals surface area (Å²) in [5, 5.41) is 12.4. The molecule has 5 heteroatoms. The highest BCUT2D eigenvalue weighted by molar-refractivity contribution is 6.31. The molecule has 3 aromatic carbocycles. The fourth-order valence-corrected chi connectivity index (χ4v) is 4.04. The second-order valence-electron chi connectivity index (χ2n) is 6.78. The maximum Gasteiger partial charge on any atom is 0.260 e. The van der Waals surface area contributed by atoms with Crippen LogP contribution in [-0.4, -0.2) is 24.2 Å². The fourth-order valence-electron chi connectivity index (χ4n) is 3.84. The topological polar surface area (TPSA) is 49.8 Å². The van der Waals surface area contributed by atoms with Gasteiger partial charge >= 0.3 is 0 Å². The maximum absolute atomic E-state index is 13.4. The van der Waals surface area contributed by atoms with E-state index < -0.39 is 11.7 Å². The first-order valence-corrected chi connectivity index (χ1v) is 9.40. The molecule has 0 bridgehead atoms. The van der Waals surface area contributed by atoms with E-state index in [0.717, 1.165) is 5.56 Å². The summed E-state index contributed by atoms with van der Waals surface area (Å²) in [5.41, 5.74) is 1.12.